The highest BCUT2D eigenvalue weighted by molar-refractivity contribution is 8.00. The van der Waals surface area contributed by atoms with Gasteiger partial charge in [-0.25, -0.2) is 0 Å². The monoisotopic (exact) mass is 280 g/mol. The number of nitrogens with zero attached hydrogens (tertiary/aromatic N) is 2. The first-order valence-corrected chi connectivity index (χ1v) is 7.49. The van der Waals surface area contributed by atoms with Gasteiger partial charge in [-0.3, -0.25) is 0 Å². The smallest absolute Gasteiger partial charge is 0.0481 e. The first kappa shape index (κ1) is 7.75. The van der Waals surface area contributed by atoms with Crippen molar-refractivity contribution in [2.75, 3.05) is 14.0 Å². The van der Waals surface area contributed by atoms with Gasteiger partial charge in [-0.2, -0.15) is 0 Å². The lowest BCUT2D eigenvalue weighted by atomic mass is 10.2. The number of likely N-dealkylation sites (N-methyl/N-ethyl adjacent to an activating group) is 1. The summed E-state index contributed by atoms with van der Waals surface area (Å²) in [5.41, 5.74) is 0.989. The van der Waals surface area contributed by atoms with Crippen LogP contribution in [0.5, 0.6) is 0 Å². The normalized spacial score (nSPS) is 23.3. The molecule has 0 aliphatic heterocycles. The molecule has 102 valence electrons. The van der Waals surface area contributed by atoms with Crippen LogP contribution in [0.1, 0.15) is 28.0 Å². The Morgan fingerprint density at radius 1 is 1.42 bits per heavy atom. The van der Waals surface area contributed by atoms with Gasteiger partial charge in [0.25, 0.3) is 0 Å². The molecule has 1 heterocycles. The van der Waals surface area contributed by atoms with Crippen molar-refractivity contribution in [1.29, 1.82) is 0 Å². The van der Waals surface area contributed by atoms with Gasteiger partial charge in [0.15, 0.2) is 0 Å². The Bertz CT molecular complexity index is 733. The van der Waals surface area contributed by atoms with Crippen LogP contribution in [0.2, 0.25) is 0 Å². The number of fused-ring (bicyclic) bond motifs is 1. The van der Waals surface area contributed by atoms with Crippen LogP contribution in [0.15, 0.2) is 35.4 Å². The zero-order valence-electron chi connectivity index (χ0n) is 17.0. The molecular formula is C16H22N2S. The van der Waals surface area contributed by atoms with Crippen molar-refractivity contribution in [2.45, 2.75) is 42.5 Å². The molecule has 0 N–H and O–H groups in total. The summed E-state index contributed by atoms with van der Waals surface area (Å²) in [6.07, 6.45) is 4.45. The van der Waals surface area contributed by atoms with E-state index in [4.69, 9.17) is 8.22 Å². The summed E-state index contributed by atoms with van der Waals surface area (Å²) in [5.74, 6) is 0. The highest BCUT2D eigenvalue weighted by Gasteiger charge is 2.22. The molecule has 3 rings (SSSR count). The van der Waals surface area contributed by atoms with E-state index >= 15 is 0 Å². The molecular weight excluding hydrogens is 252 g/mol. The van der Waals surface area contributed by atoms with Gasteiger partial charge in [-0.05, 0) is 58.0 Å². The minimum Gasteiger partial charge on any atom is -0.346 e. The number of hydrogen-bond acceptors (Lipinski definition) is 2. The number of aromatic nitrogens is 1. The van der Waals surface area contributed by atoms with Gasteiger partial charge in [0.1, 0.15) is 0 Å². The summed E-state index contributed by atoms with van der Waals surface area (Å²) in [4.78, 5) is 1.88. The molecule has 19 heavy (non-hydrogen) atoms. The third-order valence-corrected chi connectivity index (χ3v) is 4.80. The molecule has 0 spiro atoms. The quantitative estimate of drug-likeness (QED) is 0.822. The molecule has 1 atom stereocenters. The molecule has 0 saturated heterocycles. The van der Waals surface area contributed by atoms with Crippen molar-refractivity contribution < 1.29 is 8.22 Å². The first-order chi connectivity index (χ1) is 11.6. The maximum atomic E-state index is 7.55. The largest absolute Gasteiger partial charge is 0.346 e. The van der Waals surface area contributed by atoms with E-state index < -0.39 is 20.0 Å². The van der Waals surface area contributed by atoms with Gasteiger partial charge in [-0.1, -0.05) is 0 Å². The highest BCUT2D eigenvalue weighted by atomic mass is 32.2. The van der Waals surface area contributed by atoms with Gasteiger partial charge in [0, 0.05) is 48.1 Å². The van der Waals surface area contributed by atoms with Gasteiger partial charge >= 0.3 is 0 Å². The van der Waals surface area contributed by atoms with E-state index in [1.165, 1.54) is 17.7 Å². The fourth-order valence-corrected chi connectivity index (χ4v) is 3.25. The minimum atomic E-state index is -2.66. The summed E-state index contributed by atoms with van der Waals surface area (Å²) < 4.78 is 47.2. The van der Waals surface area contributed by atoms with Crippen LogP contribution in [0.3, 0.4) is 0 Å². The molecule has 1 aromatic carbocycles. The molecule has 2 aromatic rings. The molecule has 1 saturated carbocycles. The van der Waals surface area contributed by atoms with E-state index in [2.05, 4.69) is 12.1 Å². The Labute approximate surface area is 128 Å². The lowest BCUT2D eigenvalue weighted by Gasteiger charge is -2.20. The van der Waals surface area contributed by atoms with Crippen molar-refractivity contribution in [1.82, 2.24) is 9.47 Å². The van der Waals surface area contributed by atoms with Gasteiger partial charge < -0.3 is 9.47 Å². The van der Waals surface area contributed by atoms with E-state index in [-0.39, 0.29) is 0 Å². The van der Waals surface area contributed by atoms with Crippen LogP contribution in [0, 0.1) is 0 Å². The summed E-state index contributed by atoms with van der Waals surface area (Å²) in [6.45, 7) is -3.39. The Morgan fingerprint density at radius 3 is 3.00 bits per heavy atom. The first-order valence-electron chi connectivity index (χ1n) is 9.61. The van der Waals surface area contributed by atoms with Crippen LogP contribution >= 0.6 is 11.8 Å². The third kappa shape index (κ3) is 2.98. The van der Waals surface area contributed by atoms with Crippen molar-refractivity contribution in [3.05, 3.63) is 30.5 Å². The third-order valence-electron chi connectivity index (χ3n) is 3.47. The lowest BCUT2D eigenvalue weighted by molar-refractivity contribution is 0.286. The van der Waals surface area contributed by atoms with Crippen LogP contribution in [-0.2, 0) is 6.54 Å². The molecule has 0 bridgehead atoms. The summed E-state index contributed by atoms with van der Waals surface area (Å²) in [6, 6.07) is 7.59. The van der Waals surface area contributed by atoms with Crippen LogP contribution < -0.4 is 0 Å². The molecule has 1 fully saturated rings. The summed E-state index contributed by atoms with van der Waals surface area (Å²) >= 11 is 1.89. The molecule has 0 amide bonds. The Kier molecular flexibility index (Phi) is 2.13. The van der Waals surface area contributed by atoms with E-state index in [1.807, 2.05) is 34.7 Å². The van der Waals surface area contributed by atoms with E-state index in [0.717, 1.165) is 16.2 Å². The second-order valence-corrected chi connectivity index (χ2v) is 6.60. The van der Waals surface area contributed by atoms with Crippen molar-refractivity contribution >= 4 is 22.7 Å². The topological polar surface area (TPSA) is 8.17 Å². The zero-order chi connectivity index (χ0) is 18.4. The maximum absolute atomic E-state index is 7.55. The van der Waals surface area contributed by atoms with Gasteiger partial charge in [-0.15, -0.1) is 11.8 Å². The maximum Gasteiger partial charge on any atom is 0.0481 e. The van der Waals surface area contributed by atoms with Crippen molar-refractivity contribution in [3.8, 4) is 0 Å². The van der Waals surface area contributed by atoms with Gasteiger partial charge in [0.05, 0.1) is 0 Å². The fourth-order valence-electron chi connectivity index (χ4n) is 2.16. The Balaban J connectivity index is 1.81. The molecule has 3 heteroatoms. The molecule has 2 nitrogen and oxygen atoms in total. The minimum absolute atomic E-state index is 0.301. The number of hydrogen-bond donors (Lipinski definition) is 0. The molecule has 1 aromatic heterocycles. The lowest BCUT2D eigenvalue weighted by Crippen LogP contribution is -2.28. The van der Waals surface area contributed by atoms with E-state index in [1.54, 1.807) is 6.92 Å². The zero-order valence-corrected chi connectivity index (χ0v) is 11.8. The second-order valence-electron chi connectivity index (χ2n) is 5.22. The Hall–Kier alpha value is -0.930. The number of thioether (sulfide) groups is 1. The average molecular weight is 280 g/mol. The standard InChI is InChI=1S/C16H22N2S/c1-12(17(2)3)11-18-9-8-13-10-15(6-7-16(13)18)19-14-4-5-14/h6-10,12,14H,4-5,11H2,1-3H3/t12-/m1/s1/i2D3,3D3. The fraction of sp³-hybridized carbons (Fsp3) is 0.500. The van der Waals surface area contributed by atoms with Crippen molar-refractivity contribution in [2.24, 2.45) is 0 Å². The molecule has 1 aliphatic rings. The Morgan fingerprint density at radius 2 is 2.26 bits per heavy atom. The van der Waals surface area contributed by atoms with Crippen LogP contribution in [-0.4, -0.2) is 34.7 Å². The average Bonchev–Trinajstić information content (AvgIpc) is 3.16. The van der Waals surface area contributed by atoms with Gasteiger partial charge in [0.2, 0.25) is 0 Å². The predicted molar refractivity (Wildman–Crippen MR) is 84.0 cm³/mol. The van der Waals surface area contributed by atoms with E-state index in [9.17, 15) is 0 Å². The number of rotatable bonds is 5. The van der Waals surface area contributed by atoms with Crippen LogP contribution in [0.4, 0.5) is 0 Å². The molecule has 0 radical (unpaired) electrons. The predicted octanol–water partition coefficient (Wildman–Crippen LogP) is 3.85. The molecule has 1 aliphatic carbocycles. The summed E-state index contributed by atoms with van der Waals surface area (Å²) in [5, 5.41) is 1.83. The second kappa shape index (κ2) is 5.22. The van der Waals surface area contributed by atoms with E-state index in [0.29, 0.717) is 11.4 Å². The SMILES string of the molecule is [2H]C([2H])([2H])N([C@H](C)Cn1ccc2cc(SC3CC3)ccc21)C([2H])([2H])[2H]. The molecule has 0 unspecified atom stereocenters. The highest BCUT2D eigenvalue weighted by Crippen LogP contribution is 2.39. The number of benzene rings is 1. The van der Waals surface area contributed by atoms with Crippen LogP contribution in [0.25, 0.3) is 10.9 Å². The summed E-state index contributed by atoms with van der Waals surface area (Å²) in [7, 11) is 0. The van der Waals surface area contributed by atoms with Crippen molar-refractivity contribution in [3.63, 3.8) is 0 Å².